The summed E-state index contributed by atoms with van der Waals surface area (Å²) in [7, 11) is 0. The van der Waals surface area contributed by atoms with Gasteiger partial charge < -0.3 is 25.4 Å². The van der Waals surface area contributed by atoms with Crippen LogP contribution in [-0.4, -0.2) is 60.9 Å². The molecule has 2 aliphatic rings. The van der Waals surface area contributed by atoms with Crippen molar-refractivity contribution in [1.29, 1.82) is 0 Å². The van der Waals surface area contributed by atoms with Crippen LogP contribution in [0, 0.1) is 0 Å². The Labute approximate surface area is 145 Å². The number of amides is 1. The number of rotatable bonds is 4. The molecule has 24 heavy (non-hydrogen) atoms. The third kappa shape index (κ3) is 6.19. The Kier molecular flexibility index (Phi) is 6.71. The van der Waals surface area contributed by atoms with Gasteiger partial charge in [0.1, 0.15) is 5.60 Å². The van der Waals surface area contributed by atoms with Crippen molar-refractivity contribution in [3.63, 3.8) is 0 Å². The molecule has 0 radical (unpaired) electrons. The zero-order chi connectivity index (χ0) is 17.6. The molecule has 2 unspecified atom stereocenters. The standard InChI is InChI=1S/C17H32N4O3/c1-17(2,3)24-16(22)21-9-5-4-7-13(21)11-19-15(18)20-12-14-8-6-10-23-14/h13-14H,4-12H2,1-3H3,(H3,18,19,20). The minimum absolute atomic E-state index is 0.0880. The number of aliphatic imine (C=N–C) groups is 1. The molecule has 3 N–H and O–H groups in total. The van der Waals surface area contributed by atoms with Gasteiger partial charge in [-0.1, -0.05) is 0 Å². The number of nitrogens with two attached hydrogens (primary N) is 1. The van der Waals surface area contributed by atoms with Gasteiger partial charge in [0.05, 0.1) is 18.7 Å². The van der Waals surface area contributed by atoms with Crippen LogP contribution in [0.2, 0.25) is 0 Å². The van der Waals surface area contributed by atoms with Crippen LogP contribution >= 0.6 is 0 Å². The first kappa shape index (κ1) is 18.8. The lowest BCUT2D eigenvalue weighted by Crippen LogP contribution is -2.51. The van der Waals surface area contributed by atoms with E-state index in [4.69, 9.17) is 15.2 Å². The molecular weight excluding hydrogens is 308 g/mol. The highest BCUT2D eigenvalue weighted by Crippen LogP contribution is 2.20. The number of nitrogens with one attached hydrogen (secondary N) is 1. The summed E-state index contributed by atoms with van der Waals surface area (Å²) in [5.74, 6) is 0.417. The zero-order valence-corrected chi connectivity index (χ0v) is 15.2. The summed E-state index contributed by atoms with van der Waals surface area (Å²) in [6.45, 7) is 8.40. The lowest BCUT2D eigenvalue weighted by atomic mass is 10.0. The predicted octanol–water partition coefficient (Wildman–Crippen LogP) is 1.86. The van der Waals surface area contributed by atoms with Gasteiger partial charge in [-0.25, -0.2) is 4.79 Å². The molecule has 0 bridgehead atoms. The van der Waals surface area contributed by atoms with Gasteiger partial charge in [0, 0.05) is 19.7 Å². The van der Waals surface area contributed by atoms with Gasteiger partial charge in [-0.15, -0.1) is 0 Å². The monoisotopic (exact) mass is 340 g/mol. The maximum absolute atomic E-state index is 12.4. The first-order chi connectivity index (χ1) is 11.3. The maximum atomic E-state index is 12.4. The van der Waals surface area contributed by atoms with Crippen LogP contribution in [0.25, 0.3) is 0 Å². The molecule has 7 heteroatoms. The highest BCUT2D eigenvalue weighted by atomic mass is 16.6. The van der Waals surface area contributed by atoms with Crippen molar-refractivity contribution in [2.24, 2.45) is 10.7 Å². The van der Waals surface area contributed by atoms with Crippen LogP contribution in [0.4, 0.5) is 4.79 Å². The molecule has 0 aromatic carbocycles. The number of carbonyl (C=O) groups excluding carboxylic acids is 1. The Balaban J connectivity index is 1.81. The molecule has 2 fully saturated rings. The van der Waals surface area contributed by atoms with Crippen molar-refractivity contribution >= 4 is 12.1 Å². The van der Waals surface area contributed by atoms with E-state index in [9.17, 15) is 4.79 Å². The van der Waals surface area contributed by atoms with E-state index < -0.39 is 5.60 Å². The predicted molar refractivity (Wildman–Crippen MR) is 94.0 cm³/mol. The Morgan fingerprint density at radius 3 is 2.79 bits per heavy atom. The van der Waals surface area contributed by atoms with Crippen molar-refractivity contribution in [1.82, 2.24) is 10.2 Å². The van der Waals surface area contributed by atoms with E-state index in [0.717, 1.165) is 45.3 Å². The second-order valence-corrected chi connectivity index (χ2v) is 7.57. The minimum Gasteiger partial charge on any atom is -0.444 e. The fraction of sp³-hybridized carbons (Fsp3) is 0.882. The maximum Gasteiger partial charge on any atom is 0.410 e. The number of piperidine rings is 1. The van der Waals surface area contributed by atoms with E-state index in [1.807, 2.05) is 25.7 Å². The van der Waals surface area contributed by atoms with Crippen molar-refractivity contribution in [2.45, 2.75) is 70.6 Å². The SMILES string of the molecule is CC(C)(C)OC(=O)N1CCCCC1CNC(N)=NCC1CCCO1. The summed E-state index contributed by atoms with van der Waals surface area (Å²) in [6.07, 6.45) is 5.16. The van der Waals surface area contributed by atoms with E-state index in [1.54, 1.807) is 0 Å². The average molecular weight is 340 g/mol. The normalized spacial score (nSPS) is 25.6. The number of ether oxygens (including phenoxy) is 2. The fourth-order valence-electron chi connectivity index (χ4n) is 3.04. The van der Waals surface area contributed by atoms with Crippen LogP contribution in [0.1, 0.15) is 52.9 Å². The number of nitrogens with zero attached hydrogens (tertiary/aromatic N) is 2. The molecular formula is C17H32N4O3. The van der Waals surface area contributed by atoms with E-state index in [2.05, 4.69) is 10.3 Å². The summed E-state index contributed by atoms with van der Waals surface area (Å²) >= 11 is 0. The average Bonchev–Trinajstić information content (AvgIpc) is 3.03. The molecule has 0 spiro atoms. The number of likely N-dealkylation sites (tertiary alicyclic amines) is 1. The van der Waals surface area contributed by atoms with Gasteiger partial charge in [-0.2, -0.15) is 0 Å². The van der Waals surface area contributed by atoms with Crippen LogP contribution in [0.5, 0.6) is 0 Å². The number of carbonyl (C=O) groups is 1. The highest BCUT2D eigenvalue weighted by Gasteiger charge is 2.30. The lowest BCUT2D eigenvalue weighted by molar-refractivity contribution is 0.0104. The van der Waals surface area contributed by atoms with Crippen LogP contribution in [-0.2, 0) is 9.47 Å². The van der Waals surface area contributed by atoms with Gasteiger partial charge in [-0.3, -0.25) is 4.99 Å². The molecule has 0 aliphatic carbocycles. The van der Waals surface area contributed by atoms with Crippen molar-refractivity contribution in [2.75, 3.05) is 26.2 Å². The van der Waals surface area contributed by atoms with E-state index in [1.165, 1.54) is 0 Å². The second kappa shape index (κ2) is 8.55. The van der Waals surface area contributed by atoms with Gasteiger partial charge in [0.15, 0.2) is 5.96 Å². The quantitative estimate of drug-likeness (QED) is 0.602. The van der Waals surface area contributed by atoms with E-state index in [-0.39, 0.29) is 18.2 Å². The summed E-state index contributed by atoms with van der Waals surface area (Å²) in [6, 6.07) is 0.0880. The molecule has 7 nitrogen and oxygen atoms in total. The topological polar surface area (TPSA) is 89.2 Å². The molecule has 2 rings (SSSR count). The summed E-state index contributed by atoms with van der Waals surface area (Å²) in [5.41, 5.74) is 5.46. The first-order valence-electron chi connectivity index (χ1n) is 9.00. The third-order valence-corrected chi connectivity index (χ3v) is 4.26. The third-order valence-electron chi connectivity index (χ3n) is 4.26. The van der Waals surface area contributed by atoms with Crippen molar-refractivity contribution in [3.05, 3.63) is 0 Å². The Hall–Kier alpha value is -1.50. The van der Waals surface area contributed by atoms with Gasteiger partial charge in [0.2, 0.25) is 0 Å². The Bertz CT molecular complexity index is 442. The fourth-order valence-corrected chi connectivity index (χ4v) is 3.04. The van der Waals surface area contributed by atoms with E-state index in [0.29, 0.717) is 19.0 Å². The summed E-state index contributed by atoms with van der Waals surface area (Å²) in [5, 5.41) is 3.15. The van der Waals surface area contributed by atoms with Crippen LogP contribution in [0.15, 0.2) is 4.99 Å². The Morgan fingerprint density at radius 2 is 2.12 bits per heavy atom. The molecule has 2 aliphatic heterocycles. The summed E-state index contributed by atoms with van der Waals surface area (Å²) in [4.78, 5) is 18.5. The minimum atomic E-state index is -0.478. The Morgan fingerprint density at radius 1 is 1.33 bits per heavy atom. The highest BCUT2D eigenvalue weighted by molar-refractivity contribution is 5.78. The number of hydrogen-bond donors (Lipinski definition) is 2. The first-order valence-corrected chi connectivity index (χ1v) is 9.00. The van der Waals surface area contributed by atoms with Gasteiger partial charge >= 0.3 is 6.09 Å². The molecule has 2 heterocycles. The van der Waals surface area contributed by atoms with E-state index >= 15 is 0 Å². The van der Waals surface area contributed by atoms with Crippen molar-refractivity contribution in [3.8, 4) is 0 Å². The molecule has 0 aromatic rings. The largest absolute Gasteiger partial charge is 0.444 e. The smallest absolute Gasteiger partial charge is 0.410 e. The number of hydrogen-bond acceptors (Lipinski definition) is 4. The zero-order valence-electron chi connectivity index (χ0n) is 15.2. The van der Waals surface area contributed by atoms with Crippen LogP contribution < -0.4 is 11.1 Å². The molecule has 2 saturated heterocycles. The molecule has 0 saturated carbocycles. The van der Waals surface area contributed by atoms with Gasteiger partial charge in [0.25, 0.3) is 0 Å². The molecule has 0 aromatic heterocycles. The number of guanidine groups is 1. The second-order valence-electron chi connectivity index (χ2n) is 7.57. The molecule has 1 amide bonds. The molecule has 138 valence electrons. The molecule has 2 atom stereocenters. The van der Waals surface area contributed by atoms with Gasteiger partial charge in [-0.05, 0) is 52.9 Å². The lowest BCUT2D eigenvalue weighted by Gasteiger charge is -2.36. The summed E-state index contributed by atoms with van der Waals surface area (Å²) < 4.78 is 11.0. The van der Waals surface area contributed by atoms with Crippen molar-refractivity contribution < 1.29 is 14.3 Å². The van der Waals surface area contributed by atoms with Crippen LogP contribution in [0.3, 0.4) is 0 Å².